The lowest BCUT2D eigenvalue weighted by Crippen LogP contribution is -2.57. The summed E-state index contributed by atoms with van der Waals surface area (Å²) in [7, 11) is 0. The first-order valence-electron chi connectivity index (χ1n) is 11.4. The van der Waals surface area contributed by atoms with Crippen molar-refractivity contribution >= 4 is 41.5 Å². The van der Waals surface area contributed by atoms with Gasteiger partial charge in [-0.2, -0.15) is 0 Å². The number of carboxylic acids is 2. The van der Waals surface area contributed by atoms with Gasteiger partial charge in [0.25, 0.3) is 0 Å². The summed E-state index contributed by atoms with van der Waals surface area (Å²) >= 11 is 0. The molecule has 0 aliphatic carbocycles. The molecule has 12 N–H and O–H groups in total. The van der Waals surface area contributed by atoms with Crippen molar-refractivity contribution in [2.75, 3.05) is 0 Å². The topological polar surface area (TPSA) is 303 Å². The fraction of sp³-hybridized carbons (Fsp3) is 0.524. The molecular weight excluding hydrogens is 508 g/mol. The maximum atomic E-state index is 13.1. The van der Waals surface area contributed by atoms with Gasteiger partial charge in [0.2, 0.25) is 29.5 Å². The summed E-state index contributed by atoms with van der Waals surface area (Å²) < 4.78 is 0. The van der Waals surface area contributed by atoms with Crippen LogP contribution in [0.4, 0.5) is 0 Å². The number of hydrogen-bond acceptors (Lipinski definition) is 9. The summed E-state index contributed by atoms with van der Waals surface area (Å²) in [4.78, 5) is 89.6. The normalized spacial score (nSPS) is 13.8. The maximum absolute atomic E-state index is 13.1. The largest absolute Gasteiger partial charge is 0.481 e. The Hall–Kier alpha value is -4.54. The molecule has 0 aromatic carbocycles. The van der Waals surface area contributed by atoms with Crippen molar-refractivity contribution in [3.8, 4) is 0 Å². The molecule has 1 rings (SSSR count). The molecule has 0 spiro atoms. The molecule has 1 heterocycles. The average Bonchev–Trinajstić information content (AvgIpc) is 3.34. The molecule has 210 valence electrons. The highest BCUT2D eigenvalue weighted by atomic mass is 16.4. The Morgan fingerprint density at radius 2 is 1.32 bits per heavy atom. The van der Waals surface area contributed by atoms with E-state index >= 15 is 0 Å². The summed E-state index contributed by atoms with van der Waals surface area (Å²) in [5, 5.41) is 25.1. The Kier molecular flexibility index (Phi) is 12.9. The predicted molar refractivity (Wildman–Crippen MR) is 127 cm³/mol. The Balaban J connectivity index is 3.07. The molecule has 0 fully saturated rings. The summed E-state index contributed by atoms with van der Waals surface area (Å²) in [5.41, 5.74) is 16.3. The van der Waals surface area contributed by atoms with Crippen LogP contribution in [0.1, 0.15) is 44.2 Å². The number of rotatable bonds is 18. The van der Waals surface area contributed by atoms with Crippen LogP contribution in [0.5, 0.6) is 0 Å². The van der Waals surface area contributed by atoms with Crippen LogP contribution < -0.4 is 33.2 Å². The van der Waals surface area contributed by atoms with Crippen molar-refractivity contribution < 1.29 is 43.8 Å². The molecule has 0 bridgehead atoms. The van der Waals surface area contributed by atoms with E-state index in [4.69, 9.17) is 22.3 Å². The third kappa shape index (κ3) is 11.9. The van der Waals surface area contributed by atoms with Crippen molar-refractivity contribution in [1.82, 2.24) is 25.9 Å². The lowest BCUT2D eigenvalue weighted by Gasteiger charge is -2.25. The highest BCUT2D eigenvalue weighted by Crippen LogP contribution is 2.06. The van der Waals surface area contributed by atoms with Crippen molar-refractivity contribution in [3.05, 3.63) is 18.2 Å². The van der Waals surface area contributed by atoms with Gasteiger partial charge in [-0.05, 0) is 19.3 Å². The highest BCUT2D eigenvalue weighted by Gasteiger charge is 2.31. The second-order valence-electron chi connectivity index (χ2n) is 8.35. The van der Waals surface area contributed by atoms with Crippen LogP contribution in [0, 0.1) is 0 Å². The first-order valence-corrected chi connectivity index (χ1v) is 11.4. The fourth-order valence-corrected chi connectivity index (χ4v) is 3.16. The lowest BCUT2D eigenvalue weighted by molar-refractivity contribution is -0.143. The van der Waals surface area contributed by atoms with E-state index in [1.54, 1.807) is 0 Å². The van der Waals surface area contributed by atoms with Gasteiger partial charge in [0.15, 0.2) is 0 Å². The first kappa shape index (κ1) is 31.5. The lowest BCUT2D eigenvalue weighted by atomic mass is 10.1. The minimum Gasteiger partial charge on any atom is -0.481 e. The number of imidazole rings is 1. The molecule has 4 atom stereocenters. The molecule has 0 saturated carbocycles. The average molecular weight is 541 g/mol. The van der Waals surface area contributed by atoms with Crippen molar-refractivity contribution in [2.45, 2.75) is 69.1 Å². The van der Waals surface area contributed by atoms with Crippen LogP contribution in [0.2, 0.25) is 0 Å². The van der Waals surface area contributed by atoms with E-state index in [1.807, 2.05) is 0 Å². The van der Waals surface area contributed by atoms with Gasteiger partial charge in [-0.25, -0.2) is 9.78 Å². The zero-order valence-corrected chi connectivity index (χ0v) is 20.3. The quantitative estimate of drug-likeness (QED) is 0.0869. The summed E-state index contributed by atoms with van der Waals surface area (Å²) in [6, 6.07) is -5.55. The Labute approximate surface area is 216 Å². The number of hydrogen-bond donors (Lipinski definition) is 9. The Morgan fingerprint density at radius 1 is 0.789 bits per heavy atom. The van der Waals surface area contributed by atoms with Gasteiger partial charge < -0.3 is 48.3 Å². The van der Waals surface area contributed by atoms with Crippen molar-refractivity contribution in [2.24, 2.45) is 17.2 Å². The molecule has 17 heteroatoms. The number of carbonyl (C=O) groups excluding carboxylic acids is 5. The molecule has 5 amide bonds. The number of carboxylic acid groups (broad SMARTS) is 2. The number of nitrogens with two attached hydrogens (primary N) is 3. The molecule has 1 aromatic rings. The maximum Gasteiger partial charge on any atom is 0.326 e. The minimum absolute atomic E-state index is 0.135. The molecule has 0 saturated heterocycles. The van der Waals surface area contributed by atoms with Gasteiger partial charge in [-0.15, -0.1) is 0 Å². The number of H-pyrrole nitrogens is 1. The van der Waals surface area contributed by atoms with Gasteiger partial charge >= 0.3 is 11.9 Å². The predicted octanol–water partition coefficient (Wildman–Crippen LogP) is -3.79. The van der Waals surface area contributed by atoms with E-state index in [0.29, 0.717) is 5.69 Å². The van der Waals surface area contributed by atoms with Crippen molar-refractivity contribution in [3.63, 3.8) is 0 Å². The highest BCUT2D eigenvalue weighted by molar-refractivity contribution is 5.94. The van der Waals surface area contributed by atoms with Crippen molar-refractivity contribution in [1.29, 1.82) is 0 Å². The molecule has 4 unspecified atom stereocenters. The number of aliphatic carboxylic acids is 2. The van der Waals surface area contributed by atoms with Crippen LogP contribution >= 0.6 is 0 Å². The number of carbonyl (C=O) groups is 7. The smallest absolute Gasteiger partial charge is 0.326 e. The van der Waals surface area contributed by atoms with Crippen LogP contribution in [-0.4, -0.2) is 85.8 Å². The van der Waals surface area contributed by atoms with E-state index < -0.39 is 65.6 Å². The number of aromatic nitrogens is 2. The summed E-state index contributed by atoms with van der Waals surface area (Å²) in [6.07, 6.45) is 0.662. The minimum atomic E-state index is -1.52. The van der Waals surface area contributed by atoms with E-state index in [9.17, 15) is 38.7 Å². The third-order valence-corrected chi connectivity index (χ3v) is 5.22. The monoisotopic (exact) mass is 540 g/mol. The molecule has 0 aliphatic heterocycles. The van der Waals surface area contributed by atoms with E-state index in [0.717, 1.165) is 0 Å². The zero-order chi connectivity index (χ0) is 28.8. The first-order chi connectivity index (χ1) is 17.8. The number of aromatic amines is 1. The fourth-order valence-electron chi connectivity index (χ4n) is 3.16. The molecule has 1 aromatic heterocycles. The van der Waals surface area contributed by atoms with Gasteiger partial charge in [-0.1, -0.05) is 0 Å². The number of amides is 5. The molecule has 17 nitrogen and oxygen atoms in total. The zero-order valence-electron chi connectivity index (χ0n) is 20.3. The van der Waals surface area contributed by atoms with Gasteiger partial charge in [0, 0.05) is 37.6 Å². The van der Waals surface area contributed by atoms with Gasteiger partial charge in [-0.3, -0.25) is 28.8 Å². The molecule has 0 radical (unpaired) electrons. The van der Waals surface area contributed by atoms with Crippen LogP contribution in [0.15, 0.2) is 12.5 Å². The Bertz CT molecular complexity index is 1010. The van der Waals surface area contributed by atoms with Gasteiger partial charge in [0.1, 0.15) is 18.1 Å². The van der Waals surface area contributed by atoms with Crippen LogP contribution in [-0.2, 0) is 40.0 Å². The number of nitrogens with one attached hydrogen (secondary N) is 4. The SMILES string of the molecule is NC(=O)CCC(NC(=O)C(CCC(N)=O)NC(=O)C(Cc1cnc[nH]1)NC(=O)C(N)CCC(=O)O)C(=O)O. The van der Waals surface area contributed by atoms with E-state index in [1.165, 1.54) is 12.5 Å². The standard InChI is InChI=1S/C21H32N8O9/c22-11(1-6-17(32)33)18(34)29-14(7-10-8-25-9-26-10)20(36)27-12(2-4-15(23)30)19(35)28-13(21(37)38)3-5-16(24)31/h8-9,11-14H,1-7,22H2,(H2,23,30)(H2,24,31)(H,25,26)(H,27,36)(H,28,35)(H,29,34)(H,32,33)(H,37,38). The molecular formula is C21H32N8O9. The number of nitrogens with zero attached hydrogens (tertiary/aromatic N) is 1. The second kappa shape index (κ2) is 15.5. The summed E-state index contributed by atoms with van der Waals surface area (Å²) in [6.45, 7) is 0. The second-order valence-corrected chi connectivity index (χ2v) is 8.35. The van der Waals surface area contributed by atoms with E-state index in [2.05, 4.69) is 25.9 Å². The molecule has 38 heavy (non-hydrogen) atoms. The van der Waals surface area contributed by atoms with Crippen LogP contribution in [0.3, 0.4) is 0 Å². The third-order valence-electron chi connectivity index (χ3n) is 5.22. The van der Waals surface area contributed by atoms with Crippen LogP contribution in [0.25, 0.3) is 0 Å². The summed E-state index contributed by atoms with van der Waals surface area (Å²) in [5.74, 6) is -6.93. The molecule has 0 aliphatic rings. The van der Waals surface area contributed by atoms with Gasteiger partial charge in [0.05, 0.1) is 12.4 Å². The number of primary amides is 2. The van der Waals surface area contributed by atoms with E-state index in [-0.39, 0.29) is 44.9 Å². The Morgan fingerprint density at radius 3 is 1.82 bits per heavy atom.